The lowest BCUT2D eigenvalue weighted by molar-refractivity contribution is -0.134. The van der Waals surface area contributed by atoms with Crippen molar-refractivity contribution in [3.05, 3.63) is 46.5 Å². The fourth-order valence-electron chi connectivity index (χ4n) is 1.87. The third kappa shape index (κ3) is 3.23. The summed E-state index contributed by atoms with van der Waals surface area (Å²) in [4.78, 5) is 10.9. The zero-order valence-electron chi connectivity index (χ0n) is 10.3. The highest BCUT2D eigenvalue weighted by atomic mass is 16.5. The number of ether oxygens (including phenoxy) is 1. The number of carbonyl (C=O) groups is 1. The Morgan fingerprint density at radius 2 is 1.81 bits per heavy atom. The highest BCUT2D eigenvalue weighted by Crippen LogP contribution is 2.17. The molecular weight excluding hydrogens is 200 g/mol. The Kier molecular flexibility index (Phi) is 4.29. The van der Waals surface area contributed by atoms with Crippen LogP contribution in [0.2, 0.25) is 0 Å². The van der Waals surface area contributed by atoms with E-state index in [9.17, 15) is 4.79 Å². The van der Waals surface area contributed by atoms with Gasteiger partial charge in [-0.25, -0.2) is 4.79 Å². The van der Waals surface area contributed by atoms with Crippen molar-refractivity contribution in [3.63, 3.8) is 0 Å². The fraction of sp³-hybridized carbons (Fsp3) is 0.357. The Morgan fingerprint density at radius 3 is 2.31 bits per heavy atom. The maximum absolute atomic E-state index is 10.9. The molecule has 0 radical (unpaired) electrons. The van der Waals surface area contributed by atoms with E-state index in [-0.39, 0.29) is 5.97 Å². The number of aryl methyl sites for hydroxylation is 3. The molecule has 0 saturated carbocycles. The average Bonchev–Trinajstić information content (AvgIpc) is 2.21. The van der Waals surface area contributed by atoms with Crippen molar-refractivity contribution in [3.8, 4) is 0 Å². The van der Waals surface area contributed by atoms with E-state index in [1.165, 1.54) is 35.4 Å². The summed E-state index contributed by atoms with van der Waals surface area (Å²) in [5.74, 6) is -0.303. The standard InChI is InChI=1S/C14H18O2/c1-10-8-11(2)13(12(3)9-10)6-5-7-14(15)16-4/h5,7-9H,6H2,1-4H3. The summed E-state index contributed by atoms with van der Waals surface area (Å²) < 4.78 is 4.54. The van der Waals surface area contributed by atoms with Gasteiger partial charge in [0.15, 0.2) is 0 Å². The lowest BCUT2D eigenvalue weighted by atomic mass is 9.97. The normalized spacial score (nSPS) is 10.8. The second-order valence-electron chi connectivity index (χ2n) is 4.01. The largest absolute Gasteiger partial charge is 0.466 e. The molecule has 2 heteroatoms. The van der Waals surface area contributed by atoms with Gasteiger partial charge in [0.2, 0.25) is 0 Å². The molecular formula is C14H18O2. The molecule has 0 spiro atoms. The zero-order chi connectivity index (χ0) is 12.1. The van der Waals surface area contributed by atoms with Crippen LogP contribution < -0.4 is 0 Å². The summed E-state index contributed by atoms with van der Waals surface area (Å²) in [6.07, 6.45) is 4.09. The summed E-state index contributed by atoms with van der Waals surface area (Å²) in [5.41, 5.74) is 5.10. The van der Waals surface area contributed by atoms with Crippen LogP contribution >= 0.6 is 0 Å². The molecule has 1 rings (SSSR count). The first-order valence-electron chi connectivity index (χ1n) is 5.36. The van der Waals surface area contributed by atoms with Gasteiger partial charge in [-0.3, -0.25) is 0 Å². The minimum atomic E-state index is -0.303. The van der Waals surface area contributed by atoms with E-state index in [2.05, 4.69) is 37.6 Å². The minimum absolute atomic E-state index is 0.303. The van der Waals surface area contributed by atoms with Gasteiger partial charge in [0, 0.05) is 6.08 Å². The SMILES string of the molecule is COC(=O)C=CCc1c(C)cc(C)cc1C. The molecule has 0 bridgehead atoms. The van der Waals surface area contributed by atoms with Gasteiger partial charge in [-0.1, -0.05) is 23.8 Å². The van der Waals surface area contributed by atoms with Crippen molar-refractivity contribution in [1.82, 2.24) is 0 Å². The van der Waals surface area contributed by atoms with Crippen molar-refractivity contribution in [2.45, 2.75) is 27.2 Å². The first-order valence-corrected chi connectivity index (χ1v) is 5.36. The zero-order valence-corrected chi connectivity index (χ0v) is 10.3. The van der Waals surface area contributed by atoms with E-state index in [0.29, 0.717) is 0 Å². The third-order valence-corrected chi connectivity index (χ3v) is 2.62. The van der Waals surface area contributed by atoms with Gasteiger partial charge in [0.25, 0.3) is 0 Å². The van der Waals surface area contributed by atoms with Gasteiger partial charge >= 0.3 is 5.97 Å². The number of allylic oxidation sites excluding steroid dienone is 1. The van der Waals surface area contributed by atoms with Crippen LogP contribution in [0.1, 0.15) is 22.3 Å². The Morgan fingerprint density at radius 1 is 1.25 bits per heavy atom. The monoisotopic (exact) mass is 218 g/mol. The maximum Gasteiger partial charge on any atom is 0.330 e. The van der Waals surface area contributed by atoms with Gasteiger partial charge in [0.1, 0.15) is 0 Å². The lowest BCUT2D eigenvalue weighted by Crippen LogP contribution is -1.96. The molecule has 0 aliphatic rings. The molecule has 0 amide bonds. The van der Waals surface area contributed by atoms with Crippen LogP contribution in [0, 0.1) is 20.8 Å². The smallest absolute Gasteiger partial charge is 0.330 e. The molecule has 0 atom stereocenters. The van der Waals surface area contributed by atoms with Gasteiger partial charge in [-0.2, -0.15) is 0 Å². The summed E-state index contributed by atoms with van der Waals surface area (Å²) >= 11 is 0. The van der Waals surface area contributed by atoms with Crippen LogP contribution in [0.25, 0.3) is 0 Å². The molecule has 0 aromatic heterocycles. The molecule has 0 fully saturated rings. The first kappa shape index (κ1) is 12.5. The Bertz CT molecular complexity index is 394. The fourth-order valence-corrected chi connectivity index (χ4v) is 1.87. The quantitative estimate of drug-likeness (QED) is 0.576. The van der Waals surface area contributed by atoms with Crippen LogP contribution in [-0.2, 0) is 16.0 Å². The van der Waals surface area contributed by atoms with Crippen molar-refractivity contribution in [2.24, 2.45) is 0 Å². The van der Waals surface area contributed by atoms with Crippen LogP contribution in [-0.4, -0.2) is 13.1 Å². The number of benzene rings is 1. The molecule has 2 nitrogen and oxygen atoms in total. The predicted molar refractivity (Wildman–Crippen MR) is 65.5 cm³/mol. The summed E-state index contributed by atoms with van der Waals surface area (Å²) in [6, 6.07) is 4.32. The molecule has 0 unspecified atom stereocenters. The summed E-state index contributed by atoms with van der Waals surface area (Å²) in [5, 5.41) is 0. The molecule has 0 aliphatic heterocycles. The Hall–Kier alpha value is -1.57. The molecule has 0 heterocycles. The van der Waals surface area contributed by atoms with Gasteiger partial charge in [-0.05, 0) is 43.9 Å². The molecule has 86 valence electrons. The number of methoxy groups -OCH3 is 1. The summed E-state index contributed by atoms with van der Waals surface area (Å²) in [6.45, 7) is 6.29. The van der Waals surface area contributed by atoms with Crippen LogP contribution in [0.15, 0.2) is 24.3 Å². The third-order valence-electron chi connectivity index (χ3n) is 2.62. The van der Waals surface area contributed by atoms with Crippen LogP contribution in [0.3, 0.4) is 0 Å². The van der Waals surface area contributed by atoms with Crippen molar-refractivity contribution < 1.29 is 9.53 Å². The van der Waals surface area contributed by atoms with Gasteiger partial charge in [0.05, 0.1) is 7.11 Å². The minimum Gasteiger partial charge on any atom is -0.466 e. The first-order chi connectivity index (χ1) is 7.54. The summed E-state index contributed by atoms with van der Waals surface area (Å²) in [7, 11) is 1.38. The van der Waals surface area contributed by atoms with Crippen molar-refractivity contribution in [2.75, 3.05) is 7.11 Å². The topological polar surface area (TPSA) is 26.3 Å². The van der Waals surface area contributed by atoms with E-state index >= 15 is 0 Å². The van der Waals surface area contributed by atoms with Crippen molar-refractivity contribution in [1.29, 1.82) is 0 Å². The highest BCUT2D eigenvalue weighted by molar-refractivity contribution is 5.81. The van der Waals surface area contributed by atoms with E-state index in [1.54, 1.807) is 0 Å². The highest BCUT2D eigenvalue weighted by Gasteiger charge is 2.02. The molecule has 1 aromatic rings. The van der Waals surface area contributed by atoms with Gasteiger partial charge < -0.3 is 4.74 Å². The number of hydrogen-bond donors (Lipinski definition) is 0. The number of rotatable bonds is 3. The lowest BCUT2D eigenvalue weighted by Gasteiger charge is -2.08. The van der Waals surface area contributed by atoms with E-state index < -0.39 is 0 Å². The van der Waals surface area contributed by atoms with E-state index in [0.717, 1.165) is 6.42 Å². The number of esters is 1. The molecule has 0 aliphatic carbocycles. The molecule has 16 heavy (non-hydrogen) atoms. The van der Waals surface area contributed by atoms with Gasteiger partial charge in [-0.15, -0.1) is 0 Å². The van der Waals surface area contributed by atoms with E-state index in [4.69, 9.17) is 0 Å². The molecule has 0 saturated heterocycles. The maximum atomic E-state index is 10.9. The average molecular weight is 218 g/mol. The number of hydrogen-bond acceptors (Lipinski definition) is 2. The second-order valence-corrected chi connectivity index (χ2v) is 4.01. The Balaban J connectivity index is 2.82. The predicted octanol–water partition coefficient (Wildman–Crippen LogP) is 2.88. The van der Waals surface area contributed by atoms with Crippen molar-refractivity contribution >= 4 is 5.97 Å². The van der Waals surface area contributed by atoms with Crippen LogP contribution in [0.4, 0.5) is 0 Å². The Labute approximate surface area is 96.9 Å². The number of carbonyl (C=O) groups excluding carboxylic acids is 1. The molecule has 0 N–H and O–H groups in total. The van der Waals surface area contributed by atoms with Crippen LogP contribution in [0.5, 0.6) is 0 Å². The van der Waals surface area contributed by atoms with E-state index in [1.807, 2.05) is 6.08 Å². The molecule has 1 aromatic carbocycles. The second kappa shape index (κ2) is 5.50.